The number of aliphatic hydroxyl groups excluding tert-OH is 1. The van der Waals surface area contributed by atoms with Crippen LogP contribution in [0.25, 0.3) is 0 Å². The van der Waals surface area contributed by atoms with Crippen LogP contribution in [0.4, 0.5) is 4.79 Å². The molecule has 0 spiro atoms. The van der Waals surface area contributed by atoms with Crippen LogP contribution in [-0.4, -0.2) is 77.8 Å². The van der Waals surface area contributed by atoms with E-state index in [1.807, 2.05) is 0 Å². The number of carbonyl (C=O) groups is 3. The van der Waals surface area contributed by atoms with Crippen molar-refractivity contribution < 1.29 is 24.6 Å². The lowest BCUT2D eigenvalue weighted by Crippen LogP contribution is -2.48. The summed E-state index contributed by atoms with van der Waals surface area (Å²) in [6.07, 6.45) is -0.0443. The van der Waals surface area contributed by atoms with Crippen LogP contribution in [0.5, 0.6) is 0 Å². The molecule has 0 bridgehead atoms. The molecule has 1 heterocycles. The predicted octanol–water partition coefficient (Wildman–Crippen LogP) is -0.668. The highest BCUT2D eigenvalue weighted by molar-refractivity contribution is 5.80. The Morgan fingerprint density at radius 1 is 1.38 bits per heavy atom. The molecule has 1 aliphatic rings. The van der Waals surface area contributed by atoms with Crippen LogP contribution in [-0.2, 0) is 9.59 Å². The fraction of sp³-hybridized carbons (Fsp3) is 0.769. The number of hydrogen-bond donors (Lipinski definition) is 3. The molecule has 8 nitrogen and oxygen atoms in total. The molecule has 0 aromatic heterocycles. The Labute approximate surface area is 123 Å². The summed E-state index contributed by atoms with van der Waals surface area (Å²) < 4.78 is 0. The number of aliphatic hydroxyl groups is 1. The summed E-state index contributed by atoms with van der Waals surface area (Å²) >= 11 is 0. The molecule has 3 N–H and O–H groups in total. The van der Waals surface area contributed by atoms with Crippen LogP contribution in [0.3, 0.4) is 0 Å². The van der Waals surface area contributed by atoms with E-state index < -0.39 is 12.1 Å². The first-order chi connectivity index (χ1) is 9.82. The summed E-state index contributed by atoms with van der Waals surface area (Å²) in [6, 6.07) is -0.117. The van der Waals surface area contributed by atoms with Gasteiger partial charge in [0.25, 0.3) is 0 Å². The number of aliphatic carboxylic acids is 1. The lowest BCUT2D eigenvalue weighted by atomic mass is 9.97. The first kappa shape index (κ1) is 17.2. The minimum absolute atomic E-state index is 0.0336. The number of rotatable bonds is 5. The number of carboxylic acid groups (broad SMARTS) is 1. The van der Waals surface area contributed by atoms with Gasteiger partial charge < -0.3 is 25.3 Å². The van der Waals surface area contributed by atoms with Gasteiger partial charge in [-0.3, -0.25) is 4.79 Å². The monoisotopic (exact) mass is 301 g/mol. The smallest absolute Gasteiger partial charge is 0.332 e. The van der Waals surface area contributed by atoms with Crippen molar-refractivity contribution in [2.75, 3.05) is 33.7 Å². The van der Waals surface area contributed by atoms with E-state index in [-0.39, 0.29) is 30.8 Å². The number of likely N-dealkylation sites (tertiary alicyclic amines) is 1. The SMILES string of the molecule is CN(C)C(=O)N1CCCC(C(=O)NCC[C@H](O)C(=O)O)C1. The van der Waals surface area contributed by atoms with Crippen LogP contribution in [0.1, 0.15) is 19.3 Å². The Balaban J connectivity index is 2.40. The second-order valence-corrected chi connectivity index (χ2v) is 5.40. The van der Waals surface area contributed by atoms with Crippen molar-refractivity contribution in [1.82, 2.24) is 15.1 Å². The fourth-order valence-electron chi connectivity index (χ4n) is 2.25. The number of carboxylic acids is 1. The Hall–Kier alpha value is -1.83. The van der Waals surface area contributed by atoms with E-state index in [1.54, 1.807) is 19.0 Å². The van der Waals surface area contributed by atoms with Gasteiger partial charge in [-0.1, -0.05) is 0 Å². The zero-order valence-electron chi connectivity index (χ0n) is 12.4. The molecule has 0 saturated carbocycles. The molecular weight excluding hydrogens is 278 g/mol. The van der Waals surface area contributed by atoms with Gasteiger partial charge in [0, 0.05) is 40.2 Å². The van der Waals surface area contributed by atoms with Gasteiger partial charge in [0.1, 0.15) is 0 Å². The van der Waals surface area contributed by atoms with E-state index in [1.165, 1.54) is 4.90 Å². The lowest BCUT2D eigenvalue weighted by molar-refractivity contribution is -0.147. The van der Waals surface area contributed by atoms with Crippen LogP contribution in [0, 0.1) is 5.92 Å². The van der Waals surface area contributed by atoms with E-state index in [0.29, 0.717) is 19.5 Å². The number of piperidine rings is 1. The Morgan fingerprint density at radius 3 is 2.62 bits per heavy atom. The summed E-state index contributed by atoms with van der Waals surface area (Å²) in [7, 11) is 3.33. The second-order valence-electron chi connectivity index (χ2n) is 5.40. The molecular formula is C13H23N3O5. The van der Waals surface area contributed by atoms with Crippen LogP contribution in [0.2, 0.25) is 0 Å². The quantitative estimate of drug-likeness (QED) is 0.624. The van der Waals surface area contributed by atoms with Crippen molar-refractivity contribution in [2.45, 2.75) is 25.4 Å². The summed E-state index contributed by atoms with van der Waals surface area (Å²) in [5.74, 6) is -1.79. The van der Waals surface area contributed by atoms with Crippen molar-refractivity contribution in [3.05, 3.63) is 0 Å². The van der Waals surface area contributed by atoms with E-state index >= 15 is 0 Å². The average molecular weight is 301 g/mol. The number of amides is 3. The van der Waals surface area contributed by atoms with Gasteiger partial charge in [0.2, 0.25) is 5.91 Å². The topological polar surface area (TPSA) is 110 Å². The second kappa shape index (κ2) is 7.82. The maximum absolute atomic E-state index is 12.0. The zero-order valence-corrected chi connectivity index (χ0v) is 12.4. The normalized spacial score (nSPS) is 19.8. The predicted molar refractivity (Wildman–Crippen MR) is 74.6 cm³/mol. The van der Waals surface area contributed by atoms with Gasteiger partial charge in [0.05, 0.1) is 5.92 Å². The van der Waals surface area contributed by atoms with Gasteiger partial charge >= 0.3 is 12.0 Å². The van der Waals surface area contributed by atoms with Crippen molar-refractivity contribution >= 4 is 17.9 Å². The third kappa shape index (κ3) is 5.22. The van der Waals surface area contributed by atoms with Crippen LogP contribution in [0.15, 0.2) is 0 Å². The van der Waals surface area contributed by atoms with E-state index in [2.05, 4.69) is 5.32 Å². The summed E-state index contributed by atoms with van der Waals surface area (Å²) in [5, 5.41) is 20.3. The molecule has 2 atom stereocenters. The standard InChI is InChI=1S/C13H23N3O5/c1-15(2)13(21)16-7-3-4-9(8-16)11(18)14-6-5-10(17)12(19)20/h9-10,17H,3-8H2,1-2H3,(H,14,18)(H,19,20)/t9?,10-/m0/s1. The van der Waals surface area contributed by atoms with Crippen LogP contribution >= 0.6 is 0 Å². The Bertz CT molecular complexity index is 399. The van der Waals surface area contributed by atoms with Gasteiger partial charge in [-0.2, -0.15) is 0 Å². The third-order valence-electron chi connectivity index (χ3n) is 3.45. The van der Waals surface area contributed by atoms with Gasteiger partial charge in [0.15, 0.2) is 6.10 Å². The molecule has 1 aliphatic heterocycles. The third-order valence-corrected chi connectivity index (χ3v) is 3.45. The molecule has 120 valence electrons. The molecule has 1 fully saturated rings. The highest BCUT2D eigenvalue weighted by Crippen LogP contribution is 2.17. The lowest BCUT2D eigenvalue weighted by Gasteiger charge is -2.33. The summed E-state index contributed by atoms with van der Waals surface area (Å²) in [6.45, 7) is 1.10. The number of nitrogens with zero attached hydrogens (tertiary/aromatic N) is 2. The summed E-state index contributed by atoms with van der Waals surface area (Å²) in [5.41, 5.74) is 0. The van der Waals surface area contributed by atoms with E-state index in [9.17, 15) is 14.4 Å². The molecule has 0 radical (unpaired) electrons. The molecule has 0 aromatic rings. The molecule has 3 amide bonds. The Morgan fingerprint density at radius 2 is 2.05 bits per heavy atom. The minimum Gasteiger partial charge on any atom is -0.479 e. The molecule has 21 heavy (non-hydrogen) atoms. The summed E-state index contributed by atoms with van der Waals surface area (Å²) in [4.78, 5) is 37.4. The van der Waals surface area contributed by atoms with Crippen molar-refractivity contribution in [3.63, 3.8) is 0 Å². The largest absolute Gasteiger partial charge is 0.479 e. The van der Waals surface area contributed by atoms with Gasteiger partial charge in [-0.25, -0.2) is 9.59 Å². The fourth-order valence-corrected chi connectivity index (χ4v) is 2.25. The molecule has 1 rings (SSSR count). The Kier molecular flexibility index (Phi) is 6.41. The molecule has 8 heteroatoms. The van der Waals surface area contributed by atoms with Crippen molar-refractivity contribution in [3.8, 4) is 0 Å². The van der Waals surface area contributed by atoms with Gasteiger partial charge in [-0.15, -0.1) is 0 Å². The number of carbonyl (C=O) groups excluding carboxylic acids is 2. The van der Waals surface area contributed by atoms with Crippen molar-refractivity contribution in [1.29, 1.82) is 0 Å². The molecule has 0 aliphatic carbocycles. The molecule has 1 unspecified atom stereocenters. The minimum atomic E-state index is -1.47. The number of urea groups is 1. The maximum atomic E-state index is 12.0. The van der Waals surface area contributed by atoms with E-state index in [4.69, 9.17) is 10.2 Å². The van der Waals surface area contributed by atoms with Crippen molar-refractivity contribution in [2.24, 2.45) is 5.92 Å². The number of nitrogens with one attached hydrogen (secondary N) is 1. The first-order valence-corrected chi connectivity index (χ1v) is 6.97. The molecule has 1 saturated heterocycles. The highest BCUT2D eigenvalue weighted by atomic mass is 16.4. The van der Waals surface area contributed by atoms with Gasteiger partial charge in [-0.05, 0) is 12.8 Å². The van der Waals surface area contributed by atoms with E-state index in [0.717, 1.165) is 6.42 Å². The first-order valence-electron chi connectivity index (χ1n) is 6.97. The van der Waals surface area contributed by atoms with Crippen LogP contribution < -0.4 is 5.32 Å². The zero-order chi connectivity index (χ0) is 16.0. The average Bonchev–Trinajstić information content (AvgIpc) is 2.46. The maximum Gasteiger partial charge on any atom is 0.332 e. The highest BCUT2D eigenvalue weighted by Gasteiger charge is 2.29. The molecule has 0 aromatic carbocycles. The number of hydrogen-bond acceptors (Lipinski definition) is 4.